The van der Waals surface area contributed by atoms with Gasteiger partial charge in [-0.3, -0.25) is 4.98 Å². The lowest BCUT2D eigenvalue weighted by molar-refractivity contribution is 0.284. The van der Waals surface area contributed by atoms with Gasteiger partial charge < -0.3 is 15.2 Å². The van der Waals surface area contributed by atoms with Crippen LogP contribution in [0.1, 0.15) is 22.0 Å². The Kier molecular flexibility index (Phi) is 5.91. The van der Waals surface area contributed by atoms with E-state index in [9.17, 15) is 0 Å². The fourth-order valence-electron chi connectivity index (χ4n) is 2.53. The minimum absolute atomic E-state index is 0.0667. The van der Waals surface area contributed by atoms with E-state index in [-0.39, 0.29) is 6.04 Å². The molecule has 130 valence electrons. The Morgan fingerprint density at radius 3 is 2.80 bits per heavy atom. The number of ether oxygens (including phenoxy) is 2. The smallest absolute Gasteiger partial charge is 0.180 e. The molecule has 0 saturated carbocycles. The molecule has 0 spiro atoms. The average Bonchev–Trinajstić information content (AvgIpc) is 3.16. The molecule has 3 rings (SSSR count). The van der Waals surface area contributed by atoms with Gasteiger partial charge in [0.25, 0.3) is 0 Å². The third-order valence-electron chi connectivity index (χ3n) is 3.76. The highest BCUT2D eigenvalue weighted by Crippen LogP contribution is 2.38. The molecule has 1 unspecified atom stereocenters. The molecule has 1 atom stereocenters. The summed E-state index contributed by atoms with van der Waals surface area (Å²) in [6.45, 7) is 0.373. The molecule has 25 heavy (non-hydrogen) atoms. The number of methoxy groups -OCH3 is 1. The van der Waals surface area contributed by atoms with Crippen molar-refractivity contribution in [2.75, 3.05) is 7.11 Å². The monoisotopic (exact) mass is 374 g/mol. The summed E-state index contributed by atoms with van der Waals surface area (Å²) in [5.41, 5.74) is 8.25. The first kappa shape index (κ1) is 17.7. The SMILES string of the molecule is COc1cc(CC(N)c2cccs2)cc(Cl)c1OCc1cccnc1. The van der Waals surface area contributed by atoms with E-state index >= 15 is 0 Å². The Bertz CT molecular complexity index is 810. The predicted octanol–water partition coefficient (Wildman–Crippen LogP) is 4.63. The number of thiophene rings is 1. The van der Waals surface area contributed by atoms with Gasteiger partial charge in [-0.25, -0.2) is 0 Å². The van der Waals surface area contributed by atoms with Crippen molar-refractivity contribution in [1.82, 2.24) is 4.98 Å². The van der Waals surface area contributed by atoms with Crippen LogP contribution in [-0.2, 0) is 13.0 Å². The van der Waals surface area contributed by atoms with Crippen molar-refractivity contribution in [2.45, 2.75) is 19.1 Å². The normalized spacial score (nSPS) is 12.0. The second-order valence-electron chi connectivity index (χ2n) is 5.59. The van der Waals surface area contributed by atoms with Crippen LogP contribution < -0.4 is 15.2 Å². The fraction of sp³-hybridized carbons (Fsp3) is 0.211. The van der Waals surface area contributed by atoms with Crippen LogP contribution in [0, 0.1) is 0 Å². The number of rotatable bonds is 7. The lowest BCUT2D eigenvalue weighted by Crippen LogP contribution is -2.12. The molecule has 2 heterocycles. The zero-order valence-electron chi connectivity index (χ0n) is 13.8. The van der Waals surface area contributed by atoms with Crippen molar-refractivity contribution < 1.29 is 9.47 Å². The zero-order chi connectivity index (χ0) is 17.6. The van der Waals surface area contributed by atoms with Crippen molar-refractivity contribution in [3.63, 3.8) is 0 Å². The van der Waals surface area contributed by atoms with Crippen LogP contribution in [-0.4, -0.2) is 12.1 Å². The van der Waals surface area contributed by atoms with Crippen LogP contribution in [0.5, 0.6) is 11.5 Å². The topological polar surface area (TPSA) is 57.4 Å². The summed E-state index contributed by atoms with van der Waals surface area (Å²) in [4.78, 5) is 5.22. The van der Waals surface area contributed by atoms with Crippen molar-refractivity contribution in [1.29, 1.82) is 0 Å². The maximum absolute atomic E-state index is 6.43. The molecule has 0 aliphatic heterocycles. The van der Waals surface area contributed by atoms with Crippen LogP contribution in [0.3, 0.4) is 0 Å². The standard InChI is InChI=1S/C19H19ClN2O2S/c1-23-17-10-14(9-16(21)18-5-3-7-25-18)8-15(20)19(17)24-12-13-4-2-6-22-11-13/h2-8,10-11,16H,9,12,21H2,1H3. The lowest BCUT2D eigenvalue weighted by atomic mass is 10.0. The van der Waals surface area contributed by atoms with Crippen LogP contribution in [0.25, 0.3) is 0 Å². The lowest BCUT2D eigenvalue weighted by Gasteiger charge is -2.16. The van der Waals surface area contributed by atoms with Crippen LogP contribution in [0.2, 0.25) is 5.02 Å². The summed E-state index contributed by atoms with van der Waals surface area (Å²) in [5, 5.41) is 2.54. The molecule has 0 saturated heterocycles. The van der Waals surface area contributed by atoms with E-state index in [0.29, 0.717) is 29.5 Å². The maximum atomic E-state index is 6.43. The van der Waals surface area contributed by atoms with E-state index in [0.717, 1.165) is 16.0 Å². The van der Waals surface area contributed by atoms with E-state index in [1.807, 2.05) is 41.8 Å². The molecule has 0 aliphatic carbocycles. The Morgan fingerprint density at radius 2 is 2.12 bits per heavy atom. The number of benzene rings is 1. The van der Waals surface area contributed by atoms with E-state index in [4.69, 9.17) is 26.8 Å². The first-order valence-corrected chi connectivity index (χ1v) is 9.10. The van der Waals surface area contributed by atoms with Gasteiger partial charge in [0, 0.05) is 28.9 Å². The molecule has 4 nitrogen and oxygen atoms in total. The first-order valence-electron chi connectivity index (χ1n) is 7.84. The summed E-state index contributed by atoms with van der Waals surface area (Å²) >= 11 is 8.08. The number of hydrogen-bond acceptors (Lipinski definition) is 5. The highest BCUT2D eigenvalue weighted by atomic mass is 35.5. The van der Waals surface area contributed by atoms with Crippen molar-refractivity contribution in [3.8, 4) is 11.5 Å². The molecule has 6 heteroatoms. The van der Waals surface area contributed by atoms with E-state index in [1.165, 1.54) is 0 Å². The van der Waals surface area contributed by atoms with Gasteiger partial charge in [-0.05, 0) is 41.6 Å². The summed E-state index contributed by atoms with van der Waals surface area (Å²) in [6.07, 6.45) is 4.16. The number of nitrogens with zero attached hydrogens (tertiary/aromatic N) is 1. The summed E-state index contributed by atoms with van der Waals surface area (Å²) in [5.74, 6) is 1.13. The fourth-order valence-corrected chi connectivity index (χ4v) is 3.54. The van der Waals surface area contributed by atoms with Crippen molar-refractivity contribution in [3.05, 3.63) is 75.2 Å². The highest BCUT2D eigenvalue weighted by Gasteiger charge is 2.15. The number of halogens is 1. The first-order chi connectivity index (χ1) is 12.2. The van der Waals surface area contributed by atoms with Crippen LogP contribution in [0.15, 0.2) is 54.2 Å². The van der Waals surface area contributed by atoms with E-state index in [1.54, 1.807) is 30.8 Å². The third kappa shape index (κ3) is 4.51. The third-order valence-corrected chi connectivity index (χ3v) is 5.04. The predicted molar refractivity (Wildman–Crippen MR) is 102 cm³/mol. The van der Waals surface area contributed by atoms with Gasteiger partial charge in [0.1, 0.15) is 6.61 Å². The molecule has 0 bridgehead atoms. The second-order valence-corrected chi connectivity index (χ2v) is 6.97. The molecule has 0 aliphatic rings. The van der Waals surface area contributed by atoms with E-state index in [2.05, 4.69) is 4.98 Å². The molecule has 2 aromatic heterocycles. The summed E-state index contributed by atoms with van der Waals surface area (Å²) < 4.78 is 11.3. The van der Waals surface area contributed by atoms with Gasteiger partial charge in [0.2, 0.25) is 0 Å². The van der Waals surface area contributed by atoms with Crippen molar-refractivity contribution in [2.24, 2.45) is 5.73 Å². The Balaban J connectivity index is 1.76. The van der Waals surface area contributed by atoms with Crippen LogP contribution >= 0.6 is 22.9 Å². The summed E-state index contributed by atoms with van der Waals surface area (Å²) in [7, 11) is 1.60. The Morgan fingerprint density at radius 1 is 1.24 bits per heavy atom. The van der Waals surface area contributed by atoms with Gasteiger partial charge in [-0.15, -0.1) is 11.3 Å². The second kappa shape index (κ2) is 8.34. The number of pyridine rings is 1. The van der Waals surface area contributed by atoms with Crippen LogP contribution in [0.4, 0.5) is 0 Å². The Labute approximate surface area is 156 Å². The molecule has 2 N–H and O–H groups in total. The molecular weight excluding hydrogens is 356 g/mol. The zero-order valence-corrected chi connectivity index (χ0v) is 15.4. The molecule has 3 aromatic rings. The molecule has 0 fully saturated rings. The van der Waals surface area contributed by atoms with Gasteiger partial charge in [-0.1, -0.05) is 23.7 Å². The quantitative estimate of drug-likeness (QED) is 0.655. The number of nitrogens with two attached hydrogens (primary N) is 1. The molecule has 0 radical (unpaired) electrons. The van der Waals surface area contributed by atoms with Crippen molar-refractivity contribution >= 4 is 22.9 Å². The average molecular weight is 375 g/mol. The van der Waals surface area contributed by atoms with E-state index < -0.39 is 0 Å². The Hall–Kier alpha value is -2.08. The summed E-state index contributed by atoms with van der Waals surface area (Å²) in [6, 6.07) is 11.6. The van der Waals surface area contributed by atoms with Gasteiger partial charge in [0.05, 0.1) is 12.1 Å². The van der Waals surface area contributed by atoms with Gasteiger partial charge >= 0.3 is 0 Å². The minimum Gasteiger partial charge on any atom is -0.493 e. The van der Waals surface area contributed by atoms with Gasteiger partial charge in [0.15, 0.2) is 11.5 Å². The molecular formula is C19H19ClN2O2S. The largest absolute Gasteiger partial charge is 0.493 e. The maximum Gasteiger partial charge on any atom is 0.180 e. The van der Waals surface area contributed by atoms with Gasteiger partial charge in [-0.2, -0.15) is 0 Å². The highest BCUT2D eigenvalue weighted by molar-refractivity contribution is 7.10. The number of aromatic nitrogens is 1. The number of hydrogen-bond donors (Lipinski definition) is 1. The molecule has 0 amide bonds. The molecule has 1 aromatic carbocycles. The minimum atomic E-state index is -0.0667.